The number of amides is 2. The second kappa shape index (κ2) is 7.94. The van der Waals surface area contributed by atoms with Crippen LogP contribution in [0.2, 0.25) is 0 Å². The molecule has 0 aliphatic rings. The lowest BCUT2D eigenvalue weighted by Crippen LogP contribution is -2.39. The van der Waals surface area contributed by atoms with Crippen molar-refractivity contribution in [2.24, 2.45) is 5.41 Å². The van der Waals surface area contributed by atoms with Crippen molar-refractivity contribution in [2.45, 2.75) is 26.9 Å². The highest BCUT2D eigenvalue weighted by Gasteiger charge is 2.22. The number of carbonyl (C=O) groups is 2. The van der Waals surface area contributed by atoms with Crippen molar-refractivity contribution in [1.82, 2.24) is 5.32 Å². The molecule has 0 radical (unpaired) electrons. The monoisotopic (exact) mass is 340 g/mol. The summed E-state index contributed by atoms with van der Waals surface area (Å²) in [5.74, 6) is -0.514. The summed E-state index contributed by atoms with van der Waals surface area (Å²) in [5.41, 5.74) is 1.32. The number of hydrogen-bond acceptors (Lipinski definition) is 3. The van der Waals surface area contributed by atoms with Crippen LogP contribution in [0.15, 0.2) is 54.6 Å². The van der Waals surface area contributed by atoms with Crippen LogP contribution >= 0.6 is 0 Å². The van der Waals surface area contributed by atoms with Gasteiger partial charge in [0.05, 0.1) is 6.10 Å². The van der Waals surface area contributed by atoms with E-state index in [0.717, 1.165) is 0 Å². The number of carbonyl (C=O) groups excluding carboxylic acids is 2. The molecule has 2 aromatic carbocycles. The van der Waals surface area contributed by atoms with E-state index in [-0.39, 0.29) is 23.8 Å². The maximum absolute atomic E-state index is 12.2. The molecule has 0 aliphatic carbocycles. The number of rotatable bonds is 5. The fraction of sp³-hybridized carbons (Fsp3) is 0.300. The van der Waals surface area contributed by atoms with Crippen LogP contribution < -0.4 is 10.6 Å². The van der Waals surface area contributed by atoms with E-state index in [9.17, 15) is 14.7 Å². The molecule has 2 rings (SSSR count). The van der Waals surface area contributed by atoms with Gasteiger partial charge >= 0.3 is 0 Å². The van der Waals surface area contributed by atoms with Gasteiger partial charge in [0.1, 0.15) is 0 Å². The second-order valence-electron chi connectivity index (χ2n) is 6.99. The summed E-state index contributed by atoms with van der Waals surface area (Å²) in [5, 5.41) is 15.5. The van der Waals surface area contributed by atoms with Gasteiger partial charge in [-0.2, -0.15) is 0 Å². The van der Waals surface area contributed by atoms with E-state index < -0.39 is 6.10 Å². The third-order valence-corrected chi connectivity index (χ3v) is 3.90. The van der Waals surface area contributed by atoms with Crippen LogP contribution in [0.1, 0.15) is 41.5 Å². The number of anilines is 1. The first-order valence-electron chi connectivity index (χ1n) is 8.20. The molecule has 2 aromatic rings. The average molecular weight is 340 g/mol. The molecule has 3 N–H and O–H groups in total. The van der Waals surface area contributed by atoms with Crippen molar-refractivity contribution in [3.8, 4) is 0 Å². The van der Waals surface area contributed by atoms with E-state index in [1.807, 2.05) is 39.0 Å². The van der Waals surface area contributed by atoms with Gasteiger partial charge in [-0.3, -0.25) is 9.59 Å². The van der Waals surface area contributed by atoms with Crippen LogP contribution in [0.4, 0.5) is 5.69 Å². The molecular weight excluding hydrogens is 316 g/mol. The molecular formula is C20H24N2O3. The van der Waals surface area contributed by atoms with E-state index in [1.165, 1.54) is 0 Å². The molecule has 0 heterocycles. The zero-order chi connectivity index (χ0) is 18.4. The van der Waals surface area contributed by atoms with E-state index in [4.69, 9.17) is 0 Å². The van der Waals surface area contributed by atoms with Crippen LogP contribution in [0.5, 0.6) is 0 Å². The lowest BCUT2D eigenvalue weighted by Gasteiger charge is -2.25. The predicted octanol–water partition coefficient (Wildman–Crippen LogP) is 3.08. The van der Waals surface area contributed by atoms with Gasteiger partial charge in [0, 0.05) is 23.4 Å². The van der Waals surface area contributed by atoms with Crippen LogP contribution in [0.25, 0.3) is 0 Å². The maximum Gasteiger partial charge on any atom is 0.255 e. The van der Waals surface area contributed by atoms with Gasteiger partial charge in [-0.1, -0.05) is 39.0 Å². The summed E-state index contributed by atoms with van der Waals surface area (Å²) in [6.45, 7) is 5.90. The molecule has 0 spiro atoms. The van der Waals surface area contributed by atoms with E-state index in [1.54, 1.807) is 36.4 Å². The Morgan fingerprint density at radius 2 is 1.44 bits per heavy atom. The summed E-state index contributed by atoms with van der Waals surface area (Å²) in [4.78, 5) is 24.3. The highest BCUT2D eigenvalue weighted by molar-refractivity contribution is 6.05. The zero-order valence-corrected chi connectivity index (χ0v) is 14.7. The van der Waals surface area contributed by atoms with Gasteiger partial charge in [-0.15, -0.1) is 0 Å². The molecule has 5 nitrogen and oxygen atoms in total. The molecule has 2 amide bonds. The number of nitrogens with one attached hydrogen (secondary N) is 2. The Labute approximate surface area is 148 Å². The molecule has 5 heteroatoms. The zero-order valence-electron chi connectivity index (χ0n) is 14.7. The van der Waals surface area contributed by atoms with Gasteiger partial charge in [0.25, 0.3) is 11.8 Å². The largest absolute Gasteiger partial charge is 0.391 e. The first-order chi connectivity index (χ1) is 11.8. The quantitative estimate of drug-likeness (QED) is 0.783. The van der Waals surface area contributed by atoms with Crippen molar-refractivity contribution >= 4 is 17.5 Å². The van der Waals surface area contributed by atoms with Crippen molar-refractivity contribution in [1.29, 1.82) is 0 Å². The maximum atomic E-state index is 12.2. The van der Waals surface area contributed by atoms with Crippen LogP contribution in [-0.4, -0.2) is 29.6 Å². The van der Waals surface area contributed by atoms with Crippen LogP contribution in [-0.2, 0) is 0 Å². The highest BCUT2D eigenvalue weighted by Crippen LogP contribution is 2.18. The van der Waals surface area contributed by atoms with Crippen LogP contribution in [0.3, 0.4) is 0 Å². The minimum absolute atomic E-state index is 0.179. The minimum atomic E-state index is -0.632. The Morgan fingerprint density at radius 1 is 0.920 bits per heavy atom. The topological polar surface area (TPSA) is 78.4 Å². The average Bonchev–Trinajstić information content (AvgIpc) is 2.59. The summed E-state index contributed by atoms with van der Waals surface area (Å²) < 4.78 is 0. The van der Waals surface area contributed by atoms with Crippen molar-refractivity contribution in [3.05, 3.63) is 65.7 Å². The number of hydrogen-bond donors (Lipinski definition) is 3. The standard InChI is InChI=1S/C20H24N2O3/c1-20(2,3)17(23)13-21-18(24)14-9-11-15(12-10-14)19(25)22-16-7-5-4-6-8-16/h4-12,17,23H,13H2,1-3H3,(H,21,24)(H,22,25). The Kier molecular flexibility index (Phi) is 5.93. The molecule has 0 aromatic heterocycles. The summed E-state index contributed by atoms with van der Waals surface area (Å²) in [6, 6.07) is 15.6. The molecule has 1 unspecified atom stereocenters. The van der Waals surface area contributed by atoms with Gasteiger partial charge < -0.3 is 15.7 Å². The Balaban J connectivity index is 1.95. The first kappa shape index (κ1) is 18.7. The minimum Gasteiger partial charge on any atom is -0.391 e. The molecule has 0 fully saturated rings. The molecule has 0 saturated heterocycles. The summed E-state index contributed by atoms with van der Waals surface area (Å²) >= 11 is 0. The summed E-state index contributed by atoms with van der Waals surface area (Å²) in [6.07, 6.45) is -0.632. The van der Waals surface area contributed by atoms with E-state index in [0.29, 0.717) is 16.8 Å². The van der Waals surface area contributed by atoms with Crippen molar-refractivity contribution in [3.63, 3.8) is 0 Å². The Hall–Kier alpha value is -2.66. The smallest absolute Gasteiger partial charge is 0.255 e. The van der Waals surface area contributed by atoms with Gasteiger partial charge in [0.15, 0.2) is 0 Å². The number of para-hydroxylation sites is 1. The van der Waals surface area contributed by atoms with Crippen molar-refractivity contribution < 1.29 is 14.7 Å². The van der Waals surface area contributed by atoms with E-state index in [2.05, 4.69) is 10.6 Å². The molecule has 1 atom stereocenters. The fourth-order valence-corrected chi connectivity index (χ4v) is 2.10. The molecule has 0 bridgehead atoms. The number of aliphatic hydroxyl groups is 1. The van der Waals surface area contributed by atoms with Gasteiger partial charge in [-0.25, -0.2) is 0 Å². The molecule has 132 valence electrons. The van der Waals surface area contributed by atoms with Gasteiger partial charge in [0.2, 0.25) is 0 Å². The highest BCUT2D eigenvalue weighted by atomic mass is 16.3. The second-order valence-corrected chi connectivity index (χ2v) is 6.99. The predicted molar refractivity (Wildman–Crippen MR) is 98.6 cm³/mol. The molecule has 0 saturated carbocycles. The number of benzene rings is 2. The number of aliphatic hydroxyl groups excluding tert-OH is 1. The van der Waals surface area contributed by atoms with Gasteiger partial charge in [-0.05, 0) is 41.8 Å². The fourth-order valence-electron chi connectivity index (χ4n) is 2.10. The normalized spacial score (nSPS) is 12.3. The Bertz CT molecular complexity index is 719. The third kappa shape index (κ3) is 5.43. The lowest BCUT2D eigenvalue weighted by molar-refractivity contribution is 0.0587. The Morgan fingerprint density at radius 3 is 1.96 bits per heavy atom. The van der Waals surface area contributed by atoms with E-state index >= 15 is 0 Å². The SMILES string of the molecule is CC(C)(C)C(O)CNC(=O)c1ccc(C(=O)Nc2ccccc2)cc1. The molecule has 25 heavy (non-hydrogen) atoms. The van der Waals surface area contributed by atoms with Crippen molar-refractivity contribution in [2.75, 3.05) is 11.9 Å². The summed E-state index contributed by atoms with van der Waals surface area (Å²) in [7, 11) is 0. The lowest BCUT2D eigenvalue weighted by atomic mass is 9.89. The van der Waals surface area contributed by atoms with Crippen LogP contribution in [0, 0.1) is 5.41 Å². The first-order valence-corrected chi connectivity index (χ1v) is 8.20. The molecule has 0 aliphatic heterocycles. The third-order valence-electron chi connectivity index (χ3n) is 3.90.